The van der Waals surface area contributed by atoms with Gasteiger partial charge in [-0.25, -0.2) is 4.79 Å². The van der Waals surface area contributed by atoms with Crippen molar-refractivity contribution in [2.24, 2.45) is 0 Å². The van der Waals surface area contributed by atoms with Gasteiger partial charge in [0.05, 0.1) is 5.56 Å². The van der Waals surface area contributed by atoms with Crippen molar-refractivity contribution in [2.45, 2.75) is 32.8 Å². The second kappa shape index (κ2) is 5.17. The fourth-order valence-electron chi connectivity index (χ4n) is 1.24. The van der Waals surface area contributed by atoms with E-state index in [0.717, 1.165) is 11.1 Å². The third kappa shape index (κ3) is 2.96. The average molecular weight is 227 g/mol. The zero-order valence-electron chi connectivity index (χ0n) is 9.21. The number of alkyl halides is 1. The number of hydrogen-bond donors (Lipinski definition) is 0. The molecule has 0 amide bonds. The van der Waals surface area contributed by atoms with Gasteiger partial charge in [0.15, 0.2) is 5.56 Å². The molecule has 1 atom stereocenters. The third-order valence-electron chi connectivity index (χ3n) is 2.38. The van der Waals surface area contributed by atoms with Crippen molar-refractivity contribution in [3.05, 3.63) is 34.9 Å². The molecule has 0 radical (unpaired) electrons. The summed E-state index contributed by atoms with van der Waals surface area (Å²) in [5, 5.41) is 0. The molecule has 0 aliphatic rings. The van der Waals surface area contributed by atoms with Gasteiger partial charge in [0, 0.05) is 0 Å². The van der Waals surface area contributed by atoms with Gasteiger partial charge in [-0.3, -0.25) is 0 Å². The maximum atomic E-state index is 11.7. The van der Waals surface area contributed by atoms with E-state index in [1.807, 2.05) is 32.9 Å². The highest BCUT2D eigenvalue weighted by Gasteiger charge is 2.14. The molecule has 0 N–H and O–H groups in total. The summed E-state index contributed by atoms with van der Waals surface area (Å²) in [4.78, 5) is 11.7. The first kappa shape index (κ1) is 12.1. The van der Waals surface area contributed by atoms with E-state index in [-0.39, 0.29) is 5.97 Å². The summed E-state index contributed by atoms with van der Waals surface area (Å²) >= 11 is 5.76. The number of carbonyl (C=O) groups excluding carboxylic acids is 1. The van der Waals surface area contributed by atoms with Crippen molar-refractivity contribution in [1.82, 2.24) is 0 Å². The SMILES string of the molecule is CCC(Cl)OC(=O)c1cccc(C)c1C. The van der Waals surface area contributed by atoms with Crippen LogP contribution in [0.5, 0.6) is 0 Å². The number of aryl methyl sites for hydroxylation is 1. The number of esters is 1. The van der Waals surface area contributed by atoms with Crippen molar-refractivity contribution >= 4 is 17.6 Å². The molecule has 0 heterocycles. The minimum Gasteiger partial charge on any atom is -0.442 e. The molecule has 0 fully saturated rings. The van der Waals surface area contributed by atoms with Crippen LogP contribution < -0.4 is 0 Å². The molecule has 1 aromatic rings. The predicted molar refractivity (Wildman–Crippen MR) is 61.3 cm³/mol. The highest BCUT2D eigenvalue weighted by atomic mass is 35.5. The van der Waals surface area contributed by atoms with Crippen LogP contribution >= 0.6 is 11.6 Å². The largest absolute Gasteiger partial charge is 0.442 e. The van der Waals surface area contributed by atoms with Gasteiger partial charge in [-0.15, -0.1) is 0 Å². The fraction of sp³-hybridized carbons (Fsp3) is 0.417. The summed E-state index contributed by atoms with van der Waals surface area (Å²) in [5.74, 6) is -0.349. The van der Waals surface area contributed by atoms with Crippen LogP contribution in [0.3, 0.4) is 0 Å². The van der Waals surface area contributed by atoms with E-state index in [0.29, 0.717) is 12.0 Å². The van der Waals surface area contributed by atoms with Crippen LogP contribution in [0, 0.1) is 13.8 Å². The molecule has 0 aliphatic carbocycles. The van der Waals surface area contributed by atoms with Gasteiger partial charge in [-0.1, -0.05) is 30.7 Å². The van der Waals surface area contributed by atoms with Gasteiger partial charge in [-0.2, -0.15) is 0 Å². The van der Waals surface area contributed by atoms with Gasteiger partial charge in [0.2, 0.25) is 0 Å². The van der Waals surface area contributed by atoms with Crippen LogP contribution in [0.4, 0.5) is 0 Å². The molecular weight excluding hydrogens is 212 g/mol. The van der Waals surface area contributed by atoms with E-state index in [9.17, 15) is 4.79 Å². The topological polar surface area (TPSA) is 26.3 Å². The first-order valence-corrected chi connectivity index (χ1v) is 5.41. The van der Waals surface area contributed by atoms with Gasteiger partial charge >= 0.3 is 5.97 Å². The smallest absolute Gasteiger partial charge is 0.339 e. The maximum Gasteiger partial charge on any atom is 0.339 e. The first-order valence-electron chi connectivity index (χ1n) is 4.97. The van der Waals surface area contributed by atoms with Crippen molar-refractivity contribution in [3.63, 3.8) is 0 Å². The molecule has 82 valence electrons. The first-order chi connectivity index (χ1) is 7.06. The number of benzene rings is 1. The molecule has 0 aliphatic heterocycles. The number of rotatable bonds is 3. The van der Waals surface area contributed by atoms with Crippen LogP contribution in [0.1, 0.15) is 34.8 Å². The summed E-state index contributed by atoms with van der Waals surface area (Å²) in [7, 11) is 0. The Morgan fingerprint density at radius 2 is 2.13 bits per heavy atom. The highest BCUT2D eigenvalue weighted by Crippen LogP contribution is 2.15. The van der Waals surface area contributed by atoms with Gasteiger partial charge in [0.1, 0.15) is 0 Å². The maximum absolute atomic E-state index is 11.7. The molecule has 0 saturated carbocycles. The Morgan fingerprint density at radius 3 is 2.73 bits per heavy atom. The minimum absolute atomic E-state index is 0.349. The van der Waals surface area contributed by atoms with Crippen molar-refractivity contribution in [1.29, 1.82) is 0 Å². The lowest BCUT2D eigenvalue weighted by Gasteiger charge is -2.11. The van der Waals surface area contributed by atoms with Crippen LogP contribution in [0.15, 0.2) is 18.2 Å². The molecule has 0 saturated heterocycles. The second-order valence-electron chi connectivity index (χ2n) is 3.47. The van der Waals surface area contributed by atoms with Gasteiger partial charge in [-0.05, 0) is 37.5 Å². The lowest BCUT2D eigenvalue weighted by molar-refractivity contribution is 0.0442. The molecule has 0 aromatic heterocycles. The molecule has 2 nitrogen and oxygen atoms in total. The zero-order chi connectivity index (χ0) is 11.4. The quantitative estimate of drug-likeness (QED) is 0.583. The Hall–Kier alpha value is -1.02. The van der Waals surface area contributed by atoms with Crippen LogP contribution in [0.25, 0.3) is 0 Å². The summed E-state index contributed by atoms with van der Waals surface area (Å²) < 4.78 is 5.05. The summed E-state index contributed by atoms with van der Waals surface area (Å²) in [6.07, 6.45) is 0.609. The lowest BCUT2D eigenvalue weighted by atomic mass is 10.0. The second-order valence-corrected chi connectivity index (χ2v) is 3.96. The summed E-state index contributed by atoms with van der Waals surface area (Å²) in [6.45, 7) is 5.74. The van der Waals surface area contributed by atoms with Crippen LogP contribution in [0.2, 0.25) is 0 Å². The Kier molecular flexibility index (Phi) is 4.15. The zero-order valence-corrected chi connectivity index (χ0v) is 9.97. The van der Waals surface area contributed by atoms with E-state index in [1.165, 1.54) is 0 Å². The molecule has 1 aromatic carbocycles. The van der Waals surface area contributed by atoms with E-state index in [4.69, 9.17) is 16.3 Å². The third-order valence-corrected chi connectivity index (χ3v) is 2.78. The molecule has 0 spiro atoms. The Balaban J connectivity index is 2.87. The van der Waals surface area contributed by atoms with E-state index < -0.39 is 5.56 Å². The monoisotopic (exact) mass is 226 g/mol. The number of halogens is 1. The van der Waals surface area contributed by atoms with E-state index in [2.05, 4.69) is 0 Å². The number of carbonyl (C=O) groups is 1. The fourth-order valence-corrected chi connectivity index (χ4v) is 1.32. The molecule has 1 unspecified atom stereocenters. The lowest BCUT2D eigenvalue weighted by Crippen LogP contribution is -2.13. The Labute approximate surface area is 95.2 Å². The Bertz CT molecular complexity index is 361. The van der Waals surface area contributed by atoms with Crippen molar-refractivity contribution in [3.8, 4) is 0 Å². The van der Waals surface area contributed by atoms with Crippen LogP contribution in [-0.4, -0.2) is 11.5 Å². The molecule has 1 rings (SSSR count). The normalized spacial score (nSPS) is 12.3. The summed E-state index contributed by atoms with van der Waals surface area (Å²) in [6, 6.07) is 5.56. The molecule has 15 heavy (non-hydrogen) atoms. The Morgan fingerprint density at radius 1 is 1.47 bits per heavy atom. The summed E-state index contributed by atoms with van der Waals surface area (Å²) in [5.41, 5.74) is 2.07. The van der Waals surface area contributed by atoms with E-state index in [1.54, 1.807) is 6.07 Å². The predicted octanol–water partition coefficient (Wildman–Crippen LogP) is 3.44. The number of hydrogen-bond acceptors (Lipinski definition) is 2. The molecule has 3 heteroatoms. The minimum atomic E-state index is -0.544. The van der Waals surface area contributed by atoms with E-state index >= 15 is 0 Å². The molecule has 0 bridgehead atoms. The van der Waals surface area contributed by atoms with Gasteiger partial charge in [0.25, 0.3) is 0 Å². The standard InChI is InChI=1S/C12H15ClO2/c1-4-11(13)15-12(14)10-7-5-6-8(2)9(10)3/h5-7,11H,4H2,1-3H3. The van der Waals surface area contributed by atoms with Crippen LogP contribution in [-0.2, 0) is 4.74 Å². The number of ether oxygens (including phenoxy) is 1. The van der Waals surface area contributed by atoms with Crippen molar-refractivity contribution in [2.75, 3.05) is 0 Å². The van der Waals surface area contributed by atoms with Crippen molar-refractivity contribution < 1.29 is 9.53 Å². The molecular formula is C12H15ClO2. The van der Waals surface area contributed by atoms with Gasteiger partial charge < -0.3 is 4.74 Å². The average Bonchev–Trinajstić information content (AvgIpc) is 2.21. The highest BCUT2D eigenvalue weighted by molar-refractivity contribution is 6.20.